The predicted molar refractivity (Wildman–Crippen MR) is 18.7 cm³/mol. The Kier molecular flexibility index (Phi) is 3.02. The Hall–Kier alpha value is 0.00948. The molecule has 0 saturated carbocycles. The molecule has 0 aromatic rings. The number of hydrogen-bond acceptors (Lipinski definition) is 0. The summed E-state index contributed by atoms with van der Waals surface area (Å²) in [5.41, 5.74) is 0. The van der Waals surface area contributed by atoms with Gasteiger partial charge in [0.1, 0.15) is 0 Å². The van der Waals surface area contributed by atoms with Crippen LogP contribution in [0.25, 0.3) is 3.86 Å². The molecular weight excluding hydrogens is 117 g/mol. The van der Waals surface area contributed by atoms with Crippen LogP contribution in [-0.4, -0.2) is 16.2 Å². The molecule has 0 spiro atoms. The van der Waals surface area contributed by atoms with E-state index < -0.39 is 0 Å². The van der Waals surface area contributed by atoms with Gasteiger partial charge >= 0.3 is 33.1 Å². The van der Waals surface area contributed by atoms with Crippen molar-refractivity contribution in [2.24, 2.45) is 0 Å². The Morgan fingerprint density at radius 2 is 2.25 bits per heavy atom. The third-order valence-electron chi connectivity index (χ3n) is 0.0913. The van der Waals surface area contributed by atoms with Crippen LogP contribution < -0.4 is 0 Å². The van der Waals surface area contributed by atoms with Crippen LogP contribution in [0.15, 0.2) is 0 Å². The van der Waals surface area contributed by atoms with Crippen molar-refractivity contribution in [3.8, 4) is 6.07 Å². The molecule has 0 bridgehead atoms. The molecule has 0 aliphatic rings. The topological polar surface area (TPSA) is 4.36 Å². The first-order chi connectivity index (χ1) is 1.91. The van der Waals surface area contributed by atoms with E-state index in [1.165, 1.54) is 0 Å². The van der Waals surface area contributed by atoms with E-state index in [4.69, 9.17) is 0 Å². The molecule has 0 rings (SSSR count). The summed E-state index contributed by atoms with van der Waals surface area (Å²) in [6, 6.07) is 2.50. The summed E-state index contributed by atoms with van der Waals surface area (Å²) in [5.74, 6) is 0. The second kappa shape index (κ2) is 3.01. The molecule has 0 aromatic carbocycles. The molecule has 0 atom stereocenters. The van der Waals surface area contributed by atoms with Crippen LogP contribution in [-0.2, 0) is 0 Å². The third-order valence-corrected chi connectivity index (χ3v) is 0.474. The summed E-state index contributed by atoms with van der Waals surface area (Å²) in [4.78, 5) is 0. The molecule has 1 radical (unpaired) electrons. The summed E-state index contributed by atoms with van der Waals surface area (Å²) in [6.07, 6.45) is 0. The zero-order chi connectivity index (χ0) is 3.41. The Morgan fingerprint density at radius 3 is 2.25 bits per heavy atom. The molecule has 2 heteroatoms. The van der Waals surface area contributed by atoms with Gasteiger partial charge in [0.05, 0.1) is 0 Å². The number of hydrogen-bond donors (Lipinski definition) is 0. The average molecular weight is 120 g/mol. The summed E-state index contributed by atoms with van der Waals surface area (Å²) < 4.78 is 3.36. The first-order valence-electron chi connectivity index (χ1n) is 0.906. The van der Waals surface area contributed by atoms with Gasteiger partial charge in [0, 0.05) is 0 Å². The standard InChI is InChI=1S/C2H3NSe/c1-2-3-4/h1H3/q+1. The van der Waals surface area contributed by atoms with Crippen molar-refractivity contribution < 1.29 is 0 Å². The summed E-state index contributed by atoms with van der Waals surface area (Å²) >= 11 is 2.41. The number of nitrogens with zero attached hydrogens (tertiary/aromatic N) is 1. The fourth-order valence-electron chi connectivity index (χ4n) is 0. The van der Waals surface area contributed by atoms with Crippen molar-refractivity contribution in [1.82, 2.24) is 0 Å². The zero-order valence-electron chi connectivity index (χ0n) is 2.36. The average Bonchev–Trinajstić information content (AvgIpc) is 1.37. The monoisotopic (exact) mass is 121 g/mol. The van der Waals surface area contributed by atoms with Crippen molar-refractivity contribution in [3.63, 3.8) is 0 Å². The van der Waals surface area contributed by atoms with E-state index in [-0.39, 0.29) is 0 Å². The molecule has 0 amide bonds. The maximum atomic E-state index is 3.36. The van der Waals surface area contributed by atoms with E-state index in [0.717, 1.165) is 0 Å². The predicted octanol–water partition coefficient (Wildman–Crippen LogP) is 0.423. The summed E-state index contributed by atoms with van der Waals surface area (Å²) in [6.45, 7) is 1.73. The van der Waals surface area contributed by atoms with Crippen molar-refractivity contribution in [3.05, 3.63) is 3.86 Å². The molecule has 0 aliphatic carbocycles. The summed E-state index contributed by atoms with van der Waals surface area (Å²) in [5, 5.41) is 0. The van der Waals surface area contributed by atoms with E-state index in [1.54, 1.807) is 6.92 Å². The van der Waals surface area contributed by atoms with Crippen LogP contribution >= 0.6 is 0 Å². The van der Waals surface area contributed by atoms with E-state index in [1.807, 2.05) is 0 Å². The van der Waals surface area contributed by atoms with Crippen LogP contribution in [0.1, 0.15) is 6.92 Å². The molecule has 0 unspecified atom stereocenters. The first kappa shape index (κ1) is 4.01. The maximum absolute atomic E-state index is 3.36. The van der Waals surface area contributed by atoms with Gasteiger partial charge in [-0.15, -0.1) is 0 Å². The van der Waals surface area contributed by atoms with Gasteiger partial charge in [0.2, 0.25) is 0 Å². The molecule has 21 valence electrons. The first-order valence-corrected chi connectivity index (χ1v) is 1.67. The fraction of sp³-hybridized carbons (Fsp3) is 0.500. The van der Waals surface area contributed by atoms with E-state index in [9.17, 15) is 0 Å². The van der Waals surface area contributed by atoms with Crippen LogP contribution in [0.5, 0.6) is 0 Å². The fourth-order valence-corrected chi connectivity index (χ4v) is 0. The van der Waals surface area contributed by atoms with E-state index >= 15 is 0 Å². The minimum atomic E-state index is 1.73. The van der Waals surface area contributed by atoms with Crippen molar-refractivity contribution in [2.75, 3.05) is 0 Å². The molecule has 0 aliphatic heterocycles. The van der Waals surface area contributed by atoms with Gasteiger partial charge in [0.25, 0.3) is 0 Å². The van der Waals surface area contributed by atoms with Gasteiger partial charge in [-0.05, 0) is 0 Å². The van der Waals surface area contributed by atoms with Crippen LogP contribution in [0, 0.1) is 6.07 Å². The van der Waals surface area contributed by atoms with Crippen molar-refractivity contribution in [1.29, 1.82) is 0 Å². The number of rotatable bonds is 0. The van der Waals surface area contributed by atoms with Gasteiger partial charge < -0.3 is 0 Å². The Labute approximate surface area is 33.9 Å². The van der Waals surface area contributed by atoms with E-state index in [0.29, 0.717) is 0 Å². The second-order valence-electron chi connectivity index (χ2n) is 0.315. The SMILES string of the molecule is CC#[N+][Se]. The molecule has 0 aromatic heterocycles. The van der Waals surface area contributed by atoms with Crippen molar-refractivity contribution in [2.45, 2.75) is 6.92 Å². The normalized spacial score (nSPS) is 3.25. The Bertz CT molecular complexity index is 42.8. The zero-order valence-corrected chi connectivity index (χ0v) is 4.07. The van der Waals surface area contributed by atoms with Crippen LogP contribution in [0.4, 0.5) is 0 Å². The molecule has 0 heterocycles. The molecule has 1 nitrogen and oxygen atoms in total. The van der Waals surface area contributed by atoms with E-state index in [2.05, 4.69) is 26.2 Å². The van der Waals surface area contributed by atoms with Crippen molar-refractivity contribution >= 4 is 16.2 Å². The van der Waals surface area contributed by atoms with Gasteiger partial charge in [-0.25, -0.2) is 0 Å². The minimum absolute atomic E-state index is 1.73. The molecule has 4 heavy (non-hydrogen) atoms. The van der Waals surface area contributed by atoms with Gasteiger partial charge in [-0.1, -0.05) is 0 Å². The Morgan fingerprint density at radius 1 is 2.00 bits per heavy atom. The van der Waals surface area contributed by atoms with Crippen LogP contribution in [0.2, 0.25) is 0 Å². The molecule has 0 N–H and O–H groups in total. The second-order valence-corrected chi connectivity index (χ2v) is 0.698. The molecule has 0 saturated heterocycles. The van der Waals surface area contributed by atoms with Gasteiger partial charge in [0.15, 0.2) is 0 Å². The molecular formula is C2H3NSe+. The quantitative estimate of drug-likeness (QED) is 0.408. The summed E-state index contributed by atoms with van der Waals surface area (Å²) in [7, 11) is 0. The van der Waals surface area contributed by atoms with Gasteiger partial charge in [-0.2, -0.15) is 0 Å². The molecule has 0 fully saturated rings. The third kappa shape index (κ3) is 2.01. The Balaban J connectivity index is 2.83. The van der Waals surface area contributed by atoms with Crippen LogP contribution in [0.3, 0.4) is 0 Å². The van der Waals surface area contributed by atoms with Gasteiger partial charge in [-0.3, -0.25) is 0 Å².